The van der Waals surface area contributed by atoms with Crippen LogP contribution in [0, 0.1) is 0 Å². The van der Waals surface area contributed by atoms with E-state index < -0.39 is 11.3 Å². The molecule has 0 aliphatic carbocycles. The molecule has 0 aliphatic heterocycles. The van der Waals surface area contributed by atoms with Gasteiger partial charge < -0.3 is 5.73 Å². The number of halogens is 1. The maximum absolute atomic E-state index is 10.0. The third-order valence-electron chi connectivity index (χ3n) is 0.667. The number of hydrogen-bond donors (Lipinski definition) is 1. The molecule has 0 rings (SSSR count). The van der Waals surface area contributed by atoms with Crippen LogP contribution in [0.2, 0.25) is 0 Å². The molecule has 0 radical (unpaired) electrons. The average molecular weight is 122 g/mol. The Morgan fingerprint density at radius 3 is 2.43 bits per heavy atom. The van der Waals surface area contributed by atoms with Gasteiger partial charge >= 0.3 is 0 Å². The van der Waals surface area contributed by atoms with Crippen LogP contribution in [0.25, 0.3) is 0 Å². The molecule has 1 amide bonds. The number of carbonyl (C=O) groups is 1. The van der Waals surface area contributed by atoms with Crippen molar-refractivity contribution in [2.24, 2.45) is 5.73 Å². The first-order chi connectivity index (χ1) is 3.18. The van der Waals surface area contributed by atoms with Gasteiger partial charge in [-0.05, 0) is 6.42 Å². The molecular weight excluding hydrogens is 114 g/mol. The maximum atomic E-state index is 10.0. The molecule has 0 fully saturated rings. The molecule has 2 N–H and O–H groups in total. The second kappa shape index (κ2) is 2.86. The van der Waals surface area contributed by atoms with Gasteiger partial charge in [0.2, 0.25) is 5.91 Å². The lowest BCUT2D eigenvalue weighted by atomic mass is 10.3. The van der Waals surface area contributed by atoms with Crippen LogP contribution < -0.4 is 5.73 Å². The first-order valence-corrected chi connectivity index (χ1v) is 2.55. The fraction of sp³-hybridized carbons (Fsp3) is 0.750. The molecule has 42 valence electrons. The van der Waals surface area contributed by atoms with Gasteiger partial charge in [-0.2, -0.15) is 0 Å². The molecule has 0 saturated heterocycles. The third-order valence-corrected chi connectivity index (χ3v) is 1.19. The first kappa shape index (κ1) is 6.76. The Bertz CT molecular complexity index is 74.1. The molecule has 0 aromatic rings. The summed E-state index contributed by atoms with van der Waals surface area (Å²) < 4.78 is 0. The summed E-state index contributed by atoms with van der Waals surface area (Å²) in [6, 6.07) is 0. The molecule has 0 heterocycles. The lowest BCUT2D eigenvalue weighted by molar-refractivity contribution is -0.117. The lowest BCUT2D eigenvalue weighted by Crippen LogP contribution is -2.22. The van der Waals surface area contributed by atoms with Crippen LogP contribution in [0.4, 0.5) is 0 Å². The first-order valence-electron chi connectivity index (χ1n) is 2.12. The van der Waals surface area contributed by atoms with Crippen LogP contribution in [0.1, 0.15) is 13.3 Å². The van der Waals surface area contributed by atoms with Crippen molar-refractivity contribution in [1.82, 2.24) is 0 Å². The highest BCUT2D eigenvalue weighted by atomic mass is 35.5. The van der Waals surface area contributed by atoms with Crippen molar-refractivity contribution in [1.29, 1.82) is 0 Å². The number of amides is 1. The zero-order valence-corrected chi connectivity index (χ0v) is 4.90. The molecule has 0 bridgehead atoms. The van der Waals surface area contributed by atoms with Crippen LogP contribution in [-0.2, 0) is 4.79 Å². The molecule has 7 heavy (non-hydrogen) atoms. The normalized spacial score (nSPS) is 13.4. The van der Waals surface area contributed by atoms with Crippen molar-refractivity contribution >= 4 is 17.5 Å². The fourth-order valence-corrected chi connectivity index (χ4v) is 0.201. The summed E-state index contributed by atoms with van der Waals surface area (Å²) >= 11 is 5.33. The molecular formula is C4H8ClNO. The quantitative estimate of drug-likeness (QED) is 0.531. The molecule has 0 aromatic carbocycles. The van der Waals surface area contributed by atoms with Crippen molar-refractivity contribution < 1.29 is 4.79 Å². The number of primary amides is 1. The molecule has 0 aliphatic rings. The van der Waals surface area contributed by atoms with Crippen LogP contribution in [0.5, 0.6) is 0 Å². The second-order valence-corrected chi connectivity index (χ2v) is 1.80. The van der Waals surface area contributed by atoms with E-state index in [9.17, 15) is 4.79 Å². The van der Waals surface area contributed by atoms with E-state index in [1.165, 1.54) is 0 Å². The summed E-state index contributed by atoms with van der Waals surface area (Å²) in [5, 5.41) is -0.486. The van der Waals surface area contributed by atoms with Gasteiger partial charge in [0.15, 0.2) is 0 Å². The van der Waals surface area contributed by atoms with Gasteiger partial charge in [0, 0.05) is 0 Å². The summed E-state index contributed by atoms with van der Waals surface area (Å²) in [7, 11) is 0. The molecule has 2 nitrogen and oxygen atoms in total. The van der Waals surface area contributed by atoms with Gasteiger partial charge in [-0.3, -0.25) is 4.79 Å². The number of nitrogens with two attached hydrogens (primary N) is 1. The summed E-state index contributed by atoms with van der Waals surface area (Å²) in [6.45, 7) is 1.81. The van der Waals surface area contributed by atoms with E-state index in [4.69, 9.17) is 17.3 Å². The monoisotopic (exact) mass is 121 g/mol. The SMILES string of the molecule is CC[C@H](Cl)C(N)=O. The number of carbonyl (C=O) groups excluding carboxylic acids is 1. The summed E-state index contributed by atoms with van der Waals surface area (Å²) in [4.78, 5) is 10.0. The van der Waals surface area contributed by atoms with Crippen molar-refractivity contribution in [2.45, 2.75) is 18.7 Å². The molecule has 1 atom stereocenters. The highest BCUT2D eigenvalue weighted by Gasteiger charge is 2.05. The molecule has 0 spiro atoms. The standard InChI is InChI=1S/C4H8ClNO/c1-2-3(5)4(6)7/h3H,2H2,1H3,(H2,6,7)/t3-/m0/s1. The fourth-order valence-electron chi connectivity index (χ4n) is 0.201. The van der Waals surface area contributed by atoms with Crippen LogP contribution >= 0.6 is 11.6 Å². The minimum Gasteiger partial charge on any atom is -0.368 e. The highest BCUT2D eigenvalue weighted by molar-refractivity contribution is 6.30. The summed E-state index contributed by atoms with van der Waals surface area (Å²) in [5.74, 6) is -0.441. The minimum atomic E-state index is -0.486. The topological polar surface area (TPSA) is 43.1 Å². The lowest BCUT2D eigenvalue weighted by Gasteiger charge is -1.95. The number of alkyl halides is 1. The highest BCUT2D eigenvalue weighted by Crippen LogP contribution is 1.97. The Morgan fingerprint density at radius 1 is 2.00 bits per heavy atom. The van der Waals surface area contributed by atoms with E-state index in [0.717, 1.165) is 0 Å². The van der Waals surface area contributed by atoms with Gasteiger partial charge in [-0.1, -0.05) is 6.92 Å². The number of rotatable bonds is 2. The van der Waals surface area contributed by atoms with Crippen LogP contribution in [-0.4, -0.2) is 11.3 Å². The van der Waals surface area contributed by atoms with E-state index in [2.05, 4.69) is 0 Å². The van der Waals surface area contributed by atoms with E-state index in [-0.39, 0.29) is 0 Å². The van der Waals surface area contributed by atoms with Gasteiger partial charge in [0.25, 0.3) is 0 Å². The van der Waals surface area contributed by atoms with Gasteiger partial charge in [0.1, 0.15) is 5.38 Å². The van der Waals surface area contributed by atoms with E-state index in [0.29, 0.717) is 6.42 Å². The largest absolute Gasteiger partial charge is 0.368 e. The van der Waals surface area contributed by atoms with Gasteiger partial charge in [-0.25, -0.2) is 0 Å². The summed E-state index contributed by atoms with van der Waals surface area (Å²) in [5.41, 5.74) is 4.78. The van der Waals surface area contributed by atoms with E-state index >= 15 is 0 Å². The average Bonchev–Trinajstić information content (AvgIpc) is 1.65. The smallest absolute Gasteiger partial charge is 0.235 e. The van der Waals surface area contributed by atoms with Gasteiger partial charge in [0.05, 0.1) is 0 Å². The molecule has 0 aromatic heterocycles. The Balaban J connectivity index is 3.34. The van der Waals surface area contributed by atoms with E-state index in [1.54, 1.807) is 0 Å². The predicted molar refractivity (Wildman–Crippen MR) is 29.1 cm³/mol. The Labute approximate surface area is 47.6 Å². The Hall–Kier alpha value is -0.240. The van der Waals surface area contributed by atoms with E-state index in [1.807, 2.05) is 6.92 Å². The molecule has 0 unspecified atom stereocenters. The van der Waals surface area contributed by atoms with Crippen LogP contribution in [0.3, 0.4) is 0 Å². The van der Waals surface area contributed by atoms with Gasteiger partial charge in [-0.15, -0.1) is 11.6 Å². The molecule has 0 saturated carbocycles. The van der Waals surface area contributed by atoms with Crippen LogP contribution in [0.15, 0.2) is 0 Å². The predicted octanol–water partition coefficient (Wildman–Crippen LogP) is 0.489. The van der Waals surface area contributed by atoms with Crippen molar-refractivity contribution in [3.05, 3.63) is 0 Å². The number of hydrogen-bond acceptors (Lipinski definition) is 1. The maximum Gasteiger partial charge on any atom is 0.235 e. The zero-order valence-electron chi connectivity index (χ0n) is 4.15. The third kappa shape index (κ3) is 2.45. The minimum absolute atomic E-state index is 0.441. The van der Waals surface area contributed by atoms with Crippen molar-refractivity contribution in [2.75, 3.05) is 0 Å². The Morgan fingerprint density at radius 2 is 2.43 bits per heavy atom. The van der Waals surface area contributed by atoms with Crippen molar-refractivity contribution in [3.63, 3.8) is 0 Å². The Kier molecular flexibility index (Phi) is 2.76. The zero-order chi connectivity index (χ0) is 5.86. The summed E-state index contributed by atoms with van der Waals surface area (Å²) in [6.07, 6.45) is 0.608. The molecule has 3 heteroatoms. The van der Waals surface area contributed by atoms with Crippen molar-refractivity contribution in [3.8, 4) is 0 Å². The second-order valence-electron chi connectivity index (χ2n) is 1.28.